The largest absolute Gasteiger partial charge is 0.358 e. The fourth-order valence-electron chi connectivity index (χ4n) is 7.87. The van der Waals surface area contributed by atoms with Gasteiger partial charge < -0.3 is 15.4 Å². The molecule has 43 heavy (non-hydrogen) atoms. The highest BCUT2D eigenvalue weighted by Gasteiger charge is 2.95. The topological polar surface area (TPSA) is 109 Å². The van der Waals surface area contributed by atoms with E-state index in [0.29, 0.717) is 34.7 Å². The molecule has 3 saturated heterocycles. The highest BCUT2D eigenvalue weighted by molar-refractivity contribution is 7.97. The summed E-state index contributed by atoms with van der Waals surface area (Å²) in [5.41, 5.74) is 10.5. The van der Waals surface area contributed by atoms with Crippen LogP contribution in [-0.4, -0.2) is 70.5 Å². The standard InChI is InChI=1S/C31H41FN7O2PS/c1-30(2)19-21(5-4-14-33)20-38(30)28-22(29(40)37-43-27-7-3-6-24(32)34-27)8-9-25(35-28)39-15-10-26(36-39)41-16-11-23-31(12-13-31)42(23)17-18-42/h3,6-10,15,21,23,26,36H,4-5,11-14,16-20,33H2,1-2H3/p+1. The molecular formula is C31H42FN7O2PS+. The summed E-state index contributed by atoms with van der Waals surface area (Å²) in [5.74, 6) is 0.893. The van der Waals surface area contributed by atoms with Crippen LogP contribution in [0.3, 0.4) is 0 Å². The maximum atomic E-state index is 13.6. The van der Waals surface area contributed by atoms with Crippen LogP contribution < -0.4 is 25.8 Å². The lowest BCUT2D eigenvalue weighted by atomic mass is 9.93. The molecule has 0 aromatic carbocycles. The van der Waals surface area contributed by atoms with Crippen LogP contribution in [0.25, 0.3) is 0 Å². The van der Waals surface area contributed by atoms with E-state index < -0.39 is 13.2 Å². The van der Waals surface area contributed by atoms with Crippen LogP contribution in [0.15, 0.2) is 47.6 Å². The molecule has 9 nitrogen and oxygen atoms in total. The number of halogens is 1. The second-order valence-corrected chi connectivity index (χ2v) is 18.6. The molecule has 2 spiro atoms. The summed E-state index contributed by atoms with van der Waals surface area (Å²) in [4.78, 5) is 24.7. The Balaban J connectivity index is 1.05. The fourth-order valence-corrected chi connectivity index (χ4v) is 14.8. The molecule has 1 saturated carbocycles. The van der Waals surface area contributed by atoms with Gasteiger partial charge in [0.15, 0.2) is 0 Å². The number of nitrogens with one attached hydrogen (secondary N) is 2. The van der Waals surface area contributed by atoms with Gasteiger partial charge in [-0.1, -0.05) is 6.07 Å². The average molecular weight is 627 g/mol. The van der Waals surface area contributed by atoms with E-state index in [0.717, 1.165) is 55.2 Å². The smallest absolute Gasteiger partial charge is 0.265 e. The third kappa shape index (κ3) is 5.56. The number of hydrogen-bond acceptors (Lipinski definition) is 9. The van der Waals surface area contributed by atoms with Gasteiger partial charge in [0.25, 0.3) is 5.91 Å². The number of carbonyl (C=O) groups is 1. The minimum atomic E-state index is -0.588. The SMILES string of the molecule is CC1(C)CC(CCCN)CN1c1nc(N2C=CC(OCCC3C4(CC4)[P+]34CC4)N2)ccc1C(=O)NSc1cccc(F)n1. The number of ether oxygens (including phenoxy) is 1. The van der Waals surface area contributed by atoms with E-state index in [1.54, 1.807) is 12.1 Å². The van der Waals surface area contributed by atoms with Crippen molar-refractivity contribution < 1.29 is 13.9 Å². The van der Waals surface area contributed by atoms with E-state index in [4.69, 9.17) is 15.5 Å². The number of anilines is 2. The molecular weight excluding hydrogens is 584 g/mol. The Morgan fingerprint density at radius 2 is 2.07 bits per heavy atom. The van der Waals surface area contributed by atoms with Crippen LogP contribution in [0.1, 0.15) is 62.7 Å². The van der Waals surface area contributed by atoms with Gasteiger partial charge in [-0.15, -0.1) is 0 Å². The van der Waals surface area contributed by atoms with E-state index in [9.17, 15) is 9.18 Å². The highest BCUT2D eigenvalue weighted by Crippen LogP contribution is 3.06. The van der Waals surface area contributed by atoms with Crippen LogP contribution in [0.4, 0.5) is 16.0 Å². The molecule has 2 aromatic rings. The Hall–Kier alpha value is -2.30. The normalized spacial score (nSPS) is 26.8. The van der Waals surface area contributed by atoms with E-state index in [1.165, 1.54) is 37.7 Å². The molecule has 4 N–H and O–H groups in total. The molecule has 1 amide bonds. The second kappa shape index (κ2) is 11.2. The van der Waals surface area contributed by atoms with Crippen LogP contribution in [0.5, 0.6) is 0 Å². The molecule has 230 valence electrons. The van der Waals surface area contributed by atoms with Crippen LogP contribution in [-0.2, 0) is 4.74 Å². The van der Waals surface area contributed by atoms with Crippen molar-refractivity contribution in [3.8, 4) is 0 Å². The van der Waals surface area contributed by atoms with E-state index in [2.05, 4.69) is 33.9 Å². The molecule has 0 radical (unpaired) electrons. The second-order valence-electron chi connectivity index (χ2n) is 13.3. The maximum absolute atomic E-state index is 13.6. The Bertz CT molecular complexity index is 1400. The fraction of sp³-hybridized carbons (Fsp3) is 0.581. The van der Waals surface area contributed by atoms with Crippen LogP contribution >= 0.6 is 19.2 Å². The molecule has 12 heteroatoms. The van der Waals surface area contributed by atoms with Crippen molar-refractivity contribution in [1.29, 1.82) is 0 Å². The minimum Gasteiger partial charge on any atom is -0.358 e. The predicted octanol–water partition coefficient (Wildman–Crippen LogP) is 4.91. The van der Waals surface area contributed by atoms with Crippen molar-refractivity contribution in [2.45, 2.75) is 80.0 Å². The number of amides is 1. The third-order valence-corrected chi connectivity index (χ3v) is 16.5. The zero-order chi connectivity index (χ0) is 29.8. The van der Waals surface area contributed by atoms with Gasteiger partial charge in [-0.05, 0) is 88.8 Å². The quantitative estimate of drug-likeness (QED) is 0.172. The van der Waals surface area contributed by atoms with E-state index in [1.807, 2.05) is 29.4 Å². The number of aromatic nitrogens is 2. The number of nitrogens with two attached hydrogens (primary N) is 1. The zero-order valence-corrected chi connectivity index (χ0v) is 26.7. The number of nitrogens with zero attached hydrogens (tertiary/aromatic N) is 4. The summed E-state index contributed by atoms with van der Waals surface area (Å²) < 4.78 is 22.7. The first-order chi connectivity index (χ1) is 20.7. The minimum absolute atomic E-state index is 0.194. The Morgan fingerprint density at radius 3 is 2.79 bits per heavy atom. The summed E-state index contributed by atoms with van der Waals surface area (Å²) in [6, 6.07) is 8.17. The van der Waals surface area contributed by atoms with Crippen molar-refractivity contribution in [3.63, 3.8) is 0 Å². The molecule has 2 aromatic heterocycles. The Kier molecular flexibility index (Phi) is 7.70. The molecule has 0 bridgehead atoms. The number of carbonyl (C=O) groups excluding carboxylic acids is 1. The zero-order valence-electron chi connectivity index (χ0n) is 25.0. The van der Waals surface area contributed by atoms with E-state index >= 15 is 0 Å². The molecule has 4 aliphatic heterocycles. The summed E-state index contributed by atoms with van der Waals surface area (Å²) in [5, 5.41) is 3.07. The lowest BCUT2D eigenvalue weighted by molar-refractivity contribution is 0.0670. The summed E-state index contributed by atoms with van der Waals surface area (Å²) in [6.07, 6.45) is 14.0. The number of pyridine rings is 2. The van der Waals surface area contributed by atoms with Crippen LogP contribution in [0, 0.1) is 11.9 Å². The highest BCUT2D eigenvalue weighted by atomic mass is 32.2. The van der Waals surface area contributed by atoms with Gasteiger partial charge >= 0.3 is 0 Å². The molecule has 6 heterocycles. The van der Waals surface area contributed by atoms with Crippen molar-refractivity contribution in [2.75, 3.05) is 41.9 Å². The number of hydrazine groups is 1. The van der Waals surface area contributed by atoms with Gasteiger partial charge in [0.1, 0.15) is 33.7 Å². The first-order valence-corrected chi connectivity index (χ1v) is 18.6. The molecule has 1 aliphatic carbocycles. The van der Waals surface area contributed by atoms with Gasteiger partial charge in [-0.2, -0.15) is 9.82 Å². The monoisotopic (exact) mass is 626 g/mol. The molecule has 4 fully saturated rings. The van der Waals surface area contributed by atoms with Gasteiger partial charge in [0.05, 0.1) is 24.5 Å². The molecule has 3 unspecified atom stereocenters. The summed E-state index contributed by atoms with van der Waals surface area (Å²) in [7, 11) is -0.492. The van der Waals surface area contributed by atoms with Gasteiger partial charge in [-0.25, -0.2) is 9.97 Å². The predicted molar refractivity (Wildman–Crippen MR) is 171 cm³/mol. The Morgan fingerprint density at radius 1 is 1.23 bits per heavy atom. The maximum Gasteiger partial charge on any atom is 0.265 e. The molecule has 7 rings (SSSR count). The lowest BCUT2D eigenvalue weighted by Gasteiger charge is -2.34. The summed E-state index contributed by atoms with van der Waals surface area (Å²) >= 11 is 0.992. The lowest BCUT2D eigenvalue weighted by Crippen LogP contribution is -2.41. The van der Waals surface area contributed by atoms with Crippen molar-refractivity contribution in [1.82, 2.24) is 20.1 Å². The third-order valence-electron chi connectivity index (χ3n) is 10.2. The molecule has 5 aliphatic rings. The first-order valence-electron chi connectivity index (χ1n) is 15.6. The van der Waals surface area contributed by atoms with Gasteiger partial charge in [0, 0.05) is 43.9 Å². The van der Waals surface area contributed by atoms with Crippen molar-refractivity contribution >= 4 is 36.8 Å². The van der Waals surface area contributed by atoms with Gasteiger partial charge in [-0.3, -0.25) is 14.5 Å². The molecule has 3 atom stereocenters. The van der Waals surface area contributed by atoms with Crippen molar-refractivity contribution in [3.05, 3.63) is 54.1 Å². The first kappa shape index (κ1) is 29.4. The van der Waals surface area contributed by atoms with Gasteiger partial charge in [0.2, 0.25) is 5.95 Å². The number of hydrogen-bond donors (Lipinski definition) is 3. The van der Waals surface area contributed by atoms with Crippen molar-refractivity contribution in [2.24, 2.45) is 11.7 Å². The Labute approximate surface area is 258 Å². The number of rotatable bonds is 12. The summed E-state index contributed by atoms with van der Waals surface area (Å²) in [6.45, 7) is 6.66. The average Bonchev–Trinajstić information content (AvgIpc) is 3.94. The van der Waals surface area contributed by atoms with Crippen LogP contribution in [0.2, 0.25) is 0 Å². The number of fused-ring (bicyclic) bond motifs is 1. The van der Waals surface area contributed by atoms with E-state index in [-0.39, 0.29) is 17.7 Å².